The van der Waals surface area contributed by atoms with Crippen LogP contribution in [0.25, 0.3) is 0 Å². The van der Waals surface area contributed by atoms with E-state index in [1.54, 1.807) is 4.90 Å². The molecule has 0 atom stereocenters. The largest absolute Gasteiger partial charge is 0.444 e. The molecule has 8 heteroatoms. The van der Waals surface area contributed by atoms with Crippen LogP contribution in [0.5, 0.6) is 0 Å². The van der Waals surface area contributed by atoms with Gasteiger partial charge in [0.05, 0.1) is 5.69 Å². The van der Waals surface area contributed by atoms with Gasteiger partial charge in [0.2, 0.25) is 0 Å². The second-order valence-corrected chi connectivity index (χ2v) is 7.75. The predicted molar refractivity (Wildman–Crippen MR) is 114 cm³/mol. The van der Waals surface area contributed by atoms with Crippen LogP contribution in [-0.2, 0) is 11.3 Å². The first-order valence-electron chi connectivity index (χ1n) is 10.2. The van der Waals surface area contributed by atoms with Crippen molar-refractivity contribution in [1.29, 1.82) is 0 Å². The summed E-state index contributed by atoms with van der Waals surface area (Å²) in [6, 6.07) is 2.08. The van der Waals surface area contributed by atoms with Crippen LogP contribution in [-0.4, -0.2) is 65.1 Å². The molecule has 2 N–H and O–H groups in total. The molecule has 160 valence electrons. The van der Waals surface area contributed by atoms with Crippen molar-refractivity contribution in [3.63, 3.8) is 0 Å². The van der Waals surface area contributed by atoms with Gasteiger partial charge in [-0.1, -0.05) is 0 Å². The molecule has 0 spiro atoms. The molecule has 8 nitrogen and oxygen atoms in total. The summed E-state index contributed by atoms with van der Waals surface area (Å²) >= 11 is 0. The number of ether oxygens (including phenoxy) is 1. The Morgan fingerprint density at radius 1 is 1.29 bits per heavy atom. The summed E-state index contributed by atoms with van der Waals surface area (Å²) in [4.78, 5) is 18.5. The highest BCUT2D eigenvalue weighted by atomic mass is 16.6. The van der Waals surface area contributed by atoms with Gasteiger partial charge in [0.15, 0.2) is 5.96 Å². The van der Waals surface area contributed by atoms with Gasteiger partial charge in [-0.2, -0.15) is 5.10 Å². The summed E-state index contributed by atoms with van der Waals surface area (Å²) in [5.41, 5.74) is 1.73. The number of rotatable bonds is 9. The maximum Gasteiger partial charge on any atom is 0.410 e. The standard InChI is InChI=1S/C20H38N6O2/c1-8-21-18(22-11-10-13-26-17(4)15-16(3)24-26)23-12-14-25(9-2)19(27)28-20(5,6)7/h15H,8-14H2,1-7H3,(H2,21,22,23). The molecule has 1 aromatic rings. The highest BCUT2D eigenvalue weighted by Gasteiger charge is 2.20. The molecule has 0 saturated heterocycles. The molecule has 0 fully saturated rings. The van der Waals surface area contributed by atoms with Crippen LogP contribution in [0.15, 0.2) is 11.1 Å². The Hall–Kier alpha value is -2.25. The Labute approximate surface area is 169 Å². The number of aromatic nitrogens is 2. The number of aliphatic imine (C=N–C) groups is 1. The third-order valence-corrected chi connectivity index (χ3v) is 3.95. The van der Waals surface area contributed by atoms with Gasteiger partial charge >= 0.3 is 6.09 Å². The molecule has 0 aliphatic heterocycles. The van der Waals surface area contributed by atoms with Crippen LogP contribution in [0.2, 0.25) is 0 Å². The Morgan fingerprint density at radius 2 is 2.00 bits per heavy atom. The monoisotopic (exact) mass is 394 g/mol. The lowest BCUT2D eigenvalue weighted by Crippen LogP contribution is -2.44. The van der Waals surface area contributed by atoms with Gasteiger partial charge in [-0.25, -0.2) is 4.79 Å². The van der Waals surface area contributed by atoms with E-state index in [-0.39, 0.29) is 6.09 Å². The van der Waals surface area contributed by atoms with Gasteiger partial charge in [0.25, 0.3) is 0 Å². The van der Waals surface area contributed by atoms with Gasteiger partial charge < -0.3 is 20.3 Å². The van der Waals surface area contributed by atoms with Gasteiger partial charge in [0.1, 0.15) is 5.60 Å². The molecule has 1 amide bonds. The third-order valence-electron chi connectivity index (χ3n) is 3.95. The lowest BCUT2D eigenvalue weighted by molar-refractivity contribution is 0.0264. The molecular weight excluding hydrogens is 356 g/mol. The van der Waals surface area contributed by atoms with Crippen molar-refractivity contribution in [2.45, 2.75) is 67.0 Å². The van der Waals surface area contributed by atoms with Gasteiger partial charge in [-0.3, -0.25) is 9.67 Å². The molecule has 0 aromatic carbocycles. The van der Waals surface area contributed by atoms with E-state index in [4.69, 9.17) is 4.74 Å². The van der Waals surface area contributed by atoms with Gasteiger partial charge in [-0.05, 0) is 61.0 Å². The number of nitrogens with one attached hydrogen (secondary N) is 2. The van der Waals surface area contributed by atoms with Crippen molar-refractivity contribution in [1.82, 2.24) is 25.3 Å². The number of likely N-dealkylation sites (N-methyl/N-ethyl adjacent to an activating group) is 1. The number of amides is 1. The van der Waals surface area contributed by atoms with Crippen LogP contribution >= 0.6 is 0 Å². The van der Waals surface area contributed by atoms with E-state index in [2.05, 4.69) is 33.7 Å². The maximum atomic E-state index is 12.2. The molecule has 1 heterocycles. The van der Waals surface area contributed by atoms with Crippen LogP contribution in [0, 0.1) is 13.8 Å². The second kappa shape index (κ2) is 11.6. The van der Waals surface area contributed by atoms with E-state index in [1.165, 1.54) is 5.69 Å². The first kappa shape index (κ1) is 23.8. The Bertz CT molecular complexity index is 633. The van der Waals surface area contributed by atoms with Crippen LogP contribution in [0.3, 0.4) is 0 Å². The molecule has 0 aliphatic rings. The van der Waals surface area contributed by atoms with E-state index in [1.807, 2.05) is 46.2 Å². The maximum absolute atomic E-state index is 12.2. The number of aryl methyl sites for hydroxylation is 3. The van der Waals surface area contributed by atoms with Crippen molar-refractivity contribution in [2.24, 2.45) is 4.99 Å². The minimum absolute atomic E-state index is 0.288. The lowest BCUT2D eigenvalue weighted by atomic mass is 10.2. The van der Waals surface area contributed by atoms with Crippen molar-refractivity contribution < 1.29 is 9.53 Å². The molecule has 0 bridgehead atoms. The topological polar surface area (TPSA) is 83.8 Å². The molecule has 0 radical (unpaired) electrons. The zero-order valence-corrected chi connectivity index (χ0v) is 18.6. The number of guanidine groups is 1. The number of carbonyl (C=O) groups excluding carboxylic acids is 1. The minimum Gasteiger partial charge on any atom is -0.444 e. The van der Waals surface area contributed by atoms with Crippen molar-refractivity contribution in [2.75, 3.05) is 32.7 Å². The highest BCUT2D eigenvalue weighted by Crippen LogP contribution is 2.09. The quantitative estimate of drug-likeness (QED) is 0.382. The lowest BCUT2D eigenvalue weighted by Gasteiger charge is -2.26. The number of nitrogens with zero attached hydrogens (tertiary/aromatic N) is 4. The van der Waals surface area contributed by atoms with Crippen molar-refractivity contribution in [3.05, 3.63) is 17.5 Å². The van der Waals surface area contributed by atoms with E-state index < -0.39 is 5.60 Å². The molecule has 0 unspecified atom stereocenters. The minimum atomic E-state index is -0.486. The summed E-state index contributed by atoms with van der Waals surface area (Å²) < 4.78 is 7.45. The average Bonchev–Trinajstić information content (AvgIpc) is 2.91. The third kappa shape index (κ3) is 9.10. The summed E-state index contributed by atoms with van der Waals surface area (Å²) in [6.45, 7) is 17.8. The highest BCUT2D eigenvalue weighted by molar-refractivity contribution is 5.79. The summed E-state index contributed by atoms with van der Waals surface area (Å²) in [5.74, 6) is 0.760. The first-order chi connectivity index (χ1) is 13.2. The van der Waals surface area contributed by atoms with E-state index >= 15 is 0 Å². The predicted octanol–water partition coefficient (Wildman–Crippen LogP) is 2.70. The molecule has 1 rings (SSSR count). The zero-order valence-electron chi connectivity index (χ0n) is 18.6. The zero-order chi connectivity index (χ0) is 21.2. The number of hydrogen-bond acceptors (Lipinski definition) is 4. The van der Waals surface area contributed by atoms with E-state index in [0.29, 0.717) is 26.2 Å². The van der Waals surface area contributed by atoms with Gasteiger partial charge in [-0.15, -0.1) is 0 Å². The Morgan fingerprint density at radius 3 is 2.54 bits per heavy atom. The van der Waals surface area contributed by atoms with Crippen molar-refractivity contribution >= 4 is 12.1 Å². The smallest absolute Gasteiger partial charge is 0.410 e. The summed E-state index contributed by atoms with van der Waals surface area (Å²) in [7, 11) is 0. The molecular formula is C20H38N6O2. The van der Waals surface area contributed by atoms with Crippen molar-refractivity contribution in [3.8, 4) is 0 Å². The summed E-state index contributed by atoms with van der Waals surface area (Å²) in [6.07, 6.45) is 0.626. The molecule has 0 aliphatic carbocycles. The second-order valence-electron chi connectivity index (χ2n) is 7.75. The van der Waals surface area contributed by atoms with E-state index in [0.717, 1.165) is 31.2 Å². The normalized spacial score (nSPS) is 12.0. The van der Waals surface area contributed by atoms with Crippen LogP contribution in [0.1, 0.15) is 52.4 Å². The molecule has 0 saturated carbocycles. The molecule has 1 aromatic heterocycles. The fraction of sp³-hybridized carbons (Fsp3) is 0.750. The Balaban J connectivity index is 2.44. The van der Waals surface area contributed by atoms with E-state index in [9.17, 15) is 4.79 Å². The first-order valence-corrected chi connectivity index (χ1v) is 10.2. The number of hydrogen-bond donors (Lipinski definition) is 2. The fourth-order valence-electron chi connectivity index (χ4n) is 2.67. The van der Waals surface area contributed by atoms with Gasteiger partial charge in [0, 0.05) is 45.0 Å². The number of carbonyl (C=O) groups is 1. The molecule has 28 heavy (non-hydrogen) atoms. The average molecular weight is 395 g/mol. The summed E-state index contributed by atoms with van der Waals surface area (Å²) in [5, 5.41) is 11.0. The Kier molecular flexibility index (Phi) is 9.82. The van der Waals surface area contributed by atoms with Crippen LogP contribution < -0.4 is 10.6 Å². The fourth-order valence-corrected chi connectivity index (χ4v) is 2.67. The van der Waals surface area contributed by atoms with Crippen LogP contribution in [0.4, 0.5) is 4.79 Å². The SMILES string of the molecule is CCNC(=NCCCn1nc(C)cc1C)NCCN(CC)C(=O)OC(C)(C)C.